The normalized spacial score (nSPS) is 10.7. The second-order valence-electron chi connectivity index (χ2n) is 4.29. The van der Waals surface area contributed by atoms with Gasteiger partial charge in [0.1, 0.15) is 5.03 Å². The molecule has 0 bridgehead atoms. The van der Waals surface area contributed by atoms with Crippen LogP contribution < -0.4 is 10.5 Å². The van der Waals surface area contributed by atoms with Crippen LogP contribution in [0.15, 0.2) is 34.6 Å². The van der Waals surface area contributed by atoms with Gasteiger partial charge in [-0.15, -0.1) is 0 Å². The molecule has 6 heteroatoms. The molecule has 2 aromatic heterocycles. The van der Waals surface area contributed by atoms with Crippen LogP contribution in [0.3, 0.4) is 0 Å². The van der Waals surface area contributed by atoms with Gasteiger partial charge in [0.2, 0.25) is 5.88 Å². The maximum absolute atomic E-state index is 5.83. The maximum atomic E-state index is 5.83. The Morgan fingerprint density at radius 2 is 2.00 bits per heavy atom. The Bertz CT molecular complexity index is 574. The van der Waals surface area contributed by atoms with Gasteiger partial charge < -0.3 is 10.5 Å². The topological polar surface area (TPSA) is 73.9 Å². The summed E-state index contributed by atoms with van der Waals surface area (Å²) in [6.45, 7) is 5.80. The molecule has 2 N–H and O–H groups in total. The standard InChI is InChI=1S/C13H16N4OS/c1-8(2)18-12-10(14)4-5-11(17-12)19-13-15-7-6-9(3)16-13/h4-8H,14H2,1-3H3. The van der Waals surface area contributed by atoms with Gasteiger partial charge >= 0.3 is 0 Å². The number of pyridine rings is 1. The Morgan fingerprint density at radius 3 is 2.68 bits per heavy atom. The van der Waals surface area contributed by atoms with Crippen LogP contribution in [0.4, 0.5) is 5.69 Å². The van der Waals surface area contributed by atoms with Gasteiger partial charge in [-0.3, -0.25) is 0 Å². The first-order chi connectivity index (χ1) is 9.04. The summed E-state index contributed by atoms with van der Waals surface area (Å²) in [7, 11) is 0. The Balaban J connectivity index is 2.21. The SMILES string of the molecule is Cc1ccnc(Sc2ccc(N)c(OC(C)C)n2)n1. The van der Waals surface area contributed by atoms with Crippen molar-refractivity contribution in [1.29, 1.82) is 0 Å². The lowest BCUT2D eigenvalue weighted by molar-refractivity contribution is 0.232. The van der Waals surface area contributed by atoms with Crippen molar-refractivity contribution < 1.29 is 4.74 Å². The number of aromatic nitrogens is 3. The average molecular weight is 276 g/mol. The van der Waals surface area contributed by atoms with Crippen LogP contribution in [-0.2, 0) is 0 Å². The summed E-state index contributed by atoms with van der Waals surface area (Å²) < 4.78 is 5.56. The van der Waals surface area contributed by atoms with Gasteiger partial charge in [0.15, 0.2) is 5.16 Å². The lowest BCUT2D eigenvalue weighted by atomic mass is 10.4. The molecule has 19 heavy (non-hydrogen) atoms. The van der Waals surface area contributed by atoms with Crippen LogP contribution >= 0.6 is 11.8 Å². The van der Waals surface area contributed by atoms with E-state index in [1.165, 1.54) is 11.8 Å². The van der Waals surface area contributed by atoms with Crippen LogP contribution in [0.5, 0.6) is 5.88 Å². The Kier molecular flexibility index (Phi) is 4.21. The zero-order chi connectivity index (χ0) is 13.8. The van der Waals surface area contributed by atoms with Gasteiger partial charge in [-0.25, -0.2) is 15.0 Å². The first-order valence-electron chi connectivity index (χ1n) is 5.95. The van der Waals surface area contributed by atoms with E-state index >= 15 is 0 Å². The molecule has 0 saturated heterocycles. The molecule has 0 aliphatic heterocycles. The number of aryl methyl sites for hydroxylation is 1. The number of hydrogen-bond donors (Lipinski definition) is 1. The van der Waals surface area contributed by atoms with Crippen molar-refractivity contribution in [2.75, 3.05) is 5.73 Å². The molecule has 2 aromatic rings. The quantitative estimate of drug-likeness (QED) is 0.865. The van der Waals surface area contributed by atoms with Crippen LogP contribution in [0.2, 0.25) is 0 Å². The number of anilines is 1. The highest BCUT2D eigenvalue weighted by Crippen LogP contribution is 2.28. The highest BCUT2D eigenvalue weighted by Gasteiger charge is 2.08. The highest BCUT2D eigenvalue weighted by molar-refractivity contribution is 7.99. The van der Waals surface area contributed by atoms with Crippen LogP contribution in [0.1, 0.15) is 19.5 Å². The first-order valence-corrected chi connectivity index (χ1v) is 6.77. The van der Waals surface area contributed by atoms with Crippen molar-refractivity contribution in [2.24, 2.45) is 0 Å². The van der Waals surface area contributed by atoms with E-state index in [-0.39, 0.29) is 6.10 Å². The minimum Gasteiger partial charge on any atom is -0.473 e. The molecule has 0 radical (unpaired) electrons. The lowest BCUT2D eigenvalue weighted by Gasteiger charge is -2.11. The van der Waals surface area contributed by atoms with Crippen molar-refractivity contribution in [3.63, 3.8) is 0 Å². The molecule has 0 atom stereocenters. The van der Waals surface area contributed by atoms with Gasteiger partial charge in [0, 0.05) is 11.9 Å². The molecular weight excluding hydrogens is 260 g/mol. The van der Waals surface area contributed by atoms with Gasteiger partial charge in [-0.2, -0.15) is 0 Å². The zero-order valence-corrected chi connectivity index (χ0v) is 11.9. The summed E-state index contributed by atoms with van der Waals surface area (Å²) >= 11 is 1.38. The molecule has 0 fully saturated rings. The third-order valence-corrected chi connectivity index (χ3v) is 3.00. The molecular formula is C13H16N4OS. The average Bonchev–Trinajstić information content (AvgIpc) is 2.33. The van der Waals surface area contributed by atoms with E-state index in [2.05, 4.69) is 15.0 Å². The Hall–Kier alpha value is -1.82. The number of ether oxygens (including phenoxy) is 1. The summed E-state index contributed by atoms with van der Waals surface area (Å²) in [4.78, 5) is 12.9. The van der Waals surface area contributed by atoms with E-state index in [4.69, 9.17) is 10.5 Å². The van der Waals surface area contributed by atoms with Crippen LogP contribution in [-0.4, -0.2) is 21.1 Å². The van der Waals surface area contributed by atoms with Gasteiger partial charge in [0.25, 0.3) is 0 Å². The van der Waals surface area contributed by atoms with E-state index in [0.29, 0.717) is 16.7 Å². The molecule has 0 aliphatic carbocycles. The van der Waals surface area contributed by atoms with Crippen molar-refractivity contribution >= 4 is 17.4 Å². The van der Waals surface area contributed by atoms with E-state index in [1.807, 2.05) is 32.9 Å². The summed E-state index contributed by atoms with van der Waals surface area (Å²) in [6, 6.07) is 5.47. The molecule has 0 amide bonds. The lowest BCUT2D eigenvalue weighted by Crippen LogP contribution is -2.09. The van der Waals surface area contributed by atoms with Crippen LogP contribution in [0, 0.1) is 6.92 Å². The van der Waals surface area contributed by atoms with E-state index in [1.54, 1.807) is 12.3 Å². The van der Waals surface area contributed by atoms with Crippen LogP contribution in [0.25, 0.3) is 0 Å². The highest BCUT2D eigenvalue weighted by atomic mass is 32.2. The summed E-state index contributed by atoms with van der Waals surface area (Å²) in [5.74, 6) is 0.452. The second kappa shape index (κ2) is 5.88. The molecule has 100 valence electrons. The zero-order valence-electron chi connectivity index (χ0n) is 11.1. The van der Waals surface area contributed by atoms with Crippen molar-refractivity contribution in [2.45, 2.75) is 37.1 Å². The third kappa shape index (κ3) is 3.82. The molecule has 2 rings (SSSR count). The number of hydrogen-bond acceptors (Lipinski definition) is 6. The van der Waals surface area contributed by atoms with Gasteiger partial charge in [-0.05, 0) is 50.7 Å². The van der Waals surface area contributed by atoms with E-state index in [9.17, 15) is 0 Å². The van der Waals surface area contributed by atoms with Gasteiger partial charge in [0.05, 0.1) is 11.8 Å². The molecule has 0 aliphatic rings. The predicted octanol–water partition coefficient (Wildman–Crippen LogP) is 2.70. The molecule has 2 heterocycles. The molecule has 5 nitrogen and oxygen atoms in total. The monoisotopic (exact) mass is 276 g/mol. The minimum atomic E-state index is 0.0327. The van der Waals surface area contributed by atoms with E-state index < -0.39 is 0 Å². The molecule has 0 aromatic carbocycles. The third-order valence-electron chi connectivity index (χ3n) is 2.18. The predicted molar refractivity (Wildman–Crippen MR) is 75.3 cm³/mol. The second-order valence-corrected chi connectivity index (χ2v) is 5.28. The van der Waals surface area contributed by atoms with Crippen molar-refractivity contribution in [3.05, 3.63) is 30.1 Å². The molecule has 0 spiro atoms. The van der Waals surface area contributed by atoms with Gasteiger partial charge in [-0.1, -0.05) is 0 Å². The number of nitrogens with zero attached hydrogens (tertiary/aromatic N) is 3. The van der Waals surface area contributed by atoms with Crippen molar-refractivity contribution in [1.82, 2.24) is 15.0 Å². The fourth-order valence-electron chi connectivity index (χ4n) is 1.38. The summed E-state index contributed by atoms with van der Waals surface area (Å²) in [6.07, 6.45) is 1.76. The number of nitrogens with two attached hydrogens (primary N) is 1. The Morgan fingerprint density at radius 1 is 1.21 bits per heavy atom. The molecule has 0 saturated carbocycles. The summed E-state index contributed by atoms with van der Waals surface area (Å²) in [5, 5.41) is 1.42. The smallest absolute Gasteiger partial charge is 0.238 e. The summed E-state index contributed by atoms with van der Waals surface area (Å²) in [5.41, 5.74) is 7.28. The fourth-order valence-corrected chi connectivity index (χ4v) is 2.13. The minimum absolute atomic E-state index is 0.0327. The first kappa shape index (κ1) is 13.6. The fraction of sp³-hybridized carbons (Fsp3) is 0.308. The number of rotatable bonds is 4. The van der Waals surface area contributed by atoms with Crippen molar-refractivity contribution in [3.8, 4) is 5.88 Å². The number of nitrogen functional groups attached to an aromatic ring is 1. The maximum Gasteiger partial charge on any atom is 0.238 e. The van der Waals surface area contributed by atoms with E-state index in [0.717, 1.165) is 10.7 Å². The Labute approximate surface area is 116 Å². The largest absolute Gasteiger partial charge is 0.473 e. The molecule has 0 unspecified atom stereocenters.